The molecule has 29 heavy (non-hydrogen) atoms. The van der Waals surface area contributed by atoms with E-state index in [-0.39, 0.29) is 18.2 Å². The standard InChI is InChI=1S/C22H33N3O4/c1-4-5-7-15(2)14-29-20-9-6-8-17-10-11-25(13-18(17)20)22(28)19(12-21(23)27)24-16(3)26/h6,8-9,15,19H,4-5,7,10-14H2,1-3H3,(H2,23,27)(H,24,26)/t15-,19?/m1/s1. The first-order chi connectivity index (χ1) is 13.8. The number of nitrogens with zero attached hydrogens (tertiary/aromatic N) is 1. The Bertz CT molecular complexity index is 719. The molecule has 0 aromatic heterocycles. The summed E-state index contributed by atoms with van der Waals surface area (Å²) in [6.45, 7) is 7.24. The minimum Gasteiger partial charge on any atom is -0.493 e. The molecule has 7 heteroatoms. The fourth-order valence-electron chi connectivity index (χ4n) is 3.61. The largest absolute Gasteiger partial charge is 0.493 e. The van der Waals surface area contributed by atoms with E-state index in [0.29, 0.717) is 32.0 Å². The van der Waals surface area contributed by atoms with Gasteiger partial charge < -0.3 is 20.7 Å². The van der Waals surface area contributed by atoms with Crippen molar-refractivity contribution in [3.63, 3.8) is 0 Å². The monoisotopic (exact) mass is 403 g/mol. The number of benzene rings is 1. The molecular formula is C22H33N3O4. The summed E-state index contributed by atoms with van der Waals surface area (Å²) in [5, 5.41) is 2.54. The number of nitrogens with one attached hydrogen (secondary N) is 1. The fraction of sp³-hybridized carbons (Fsp3) is 0.591. The summed E-state index contributed by atoms with van der Waals surface area (Å²) in [6, 6.07) is 5.04. The maximum atomic E-state index is 12.9. The van der Waals surface area contributed by atoms with Crippen LogP contribution in [0, 0.1) is 5.92 Å². The van der Waals surface area contributed by atoms with E-state index in [9.17, 15) is 14.4 Å². The summed E-state index contributed by atoms with van der Waals surface area (Å²) in [6.07, 6.45) is 3.97. The van der Waals surface area contributed by atoms with Crippen LogP contribution in [0.3, 0.4) is 0 Å². The average Bonchev–Trinajstić information content (AvgIpc) is 2.68. The Balaban J connectivity index is 2.10. The third kappa shape index (κ3) is 6.76. The SMILES string of the molecule is CCCC[C@@H](C)COc1cccc2c1CN(C(=O)C(CC(N)=O)NC(C)=O)CC2. The lowest BCUT2D eigenvalue weighted by Crippen LogP contribution is -2.50. The Morgan fingerprint density at radius 2 is 2.07 bits per heavy atom. The third-order valence-electron chi connectivity index (χ3n) is 5.20. The van der Waals surface area contributed by atoms with Gasteiger partial charge in [0.25, 0.3) is 0 Å². The first kappa shape index (κ1) is 22.7. The number of carbonyl (C=O) groups excluding carboxylic acids is 3. The van der Waals surface area contributed by atoms with Gasteiger partial charge in [-0.1, -0.05) is 38.8 Å². The Labute approximate surface area is 173 Å². The van der Waals surface area contributed by atoms with Gasteiger partial charge >= 0.3 is 0 Å². The van der Waals surface area contributed by atoms with E-state index in [1.807, 2.05) is 12.1 Å². The summed E-state index contributed by atoms with van der Waals surface area (Å²) in [5.41, 5.74) is 7.42. The number of carbonyl (C=O) groups is 3. The number of nitrogens with two attached hydrogens (primary N) is 1. The van der Waals surface area contributed by atoms with Gasteiger partial charge in [0.2, 0.25) is 17.7 Å². The molecule has 1 aromatic rings. The van der Waals surface area contributed by atoms with Crippen molar-refractivity contribution in [2.24, 2.45) is 11.7 Å². The van der Waals surface area contributed by atoms with Crippen LogP contribution in [0.25, 0.3) is 0 Å². The number of fused-ring (bicyclic) bond motifs is 1. The van der Waals surface area contributed by atoms with Crippen molar-refractivity contribution in [2.75, 3.05) is 13.2 Å². The predicted molar refractivity (Wildman–Crippen MR) is 111 cm³/mol. The maximum Gasteiger partial charge on any atom is 0.245 e. The topological polar surface area (TPSA) is 102 Å². The normalized spacial score (nSPS) is 15.2. The number of primary amides is 1. The lowest BCUT2D eigenvalue weighted by molar-refractivity contribution is -0.138. The molecule has 3 amide bonds. The molecule has 1 heterocycles. The number of hydrogen-bond acceptors (Lipinski definition) is 4. The minimum absolute atomic E-state index is 0.213. The van der Waals surface area contributed by atoms with Gasteiger partial charge in [0.05, 0.1) is 13.0 Å². The van der Waals surface area contributed by atoms with E-state index in [0.717, 1.165) is 17.7 Å². The molecule has 0 radical (unpaired) electrons. The quantitative estimate of drug-likeness (QED) is 0.625. The Morgan fingerprint density at radius 1 is 1.31 bits per heavy atom. The predicted octanol–water partition coefficient (Wildman–Crippen LogP) is 2.16. The second-order valence-corrected chi connectivity index (χ2v) is 7.89. The molecule has 0 fully saturated rings. The first-order valence-corrected chi connectivity index (χ1v) is 10.4. The van der Waals surface area contributed by atoms with Gasteiger partial charge in [-0.05, 0) is 30.4 Å². The molecule has 1 aliphatic heterocycles. The number of hydrogen-bond donors (Lipinski definition) is 2. The summed E-state index contributed by atoms with van der Waals surface area (Å²) in [5.74, 6) is -0.0244. The molecule has 3 N–H and O–H groups in total. The van der Waals surface area contributed by atoms with Crippen LogP contribution < -0.4 is 15.8 Å². The maximum absolute atomic E-state index is 12.9. The van der Waals surface area contributed by atoms with Crippen LogP contribution in [-0.4, -0.2) is 41.8 Å². The zero-order chi connectivity index (χ0) is 21.4. The van der Waals surface area contributed by atoms with Gasteiger partial charge in [-0.3, -0.25) is 14.4 Å². The second kappa shape index (κ2) is 10.8. The van der Waals surface area contributed by atoms with Crippen LogP contribution in [0.2, 0.25) is 0 Å². The highest BCUT2D eigenvalue weighted by atomic mass is 16.5. The van der Waals surface area contributed by atoms with Gasteiger partial charge in [0.15, 0.2) is 0 Å². The third-order valence-corrected chi connectivity index (χ3v) is 5.20. The van der Waals surface area contributed by atoms with Gasteiger partial charge in [0.1, 0.15) is 11.8 Å². The number of amides is 3. The molecule has 0 saturated heterocycles. The molecule has 160 valence electrons. The Kier molecular flexibility index (Phi) is 8.49. The van der Waals surface area contributed by atoms with Crippen LogP contribution >= 0.6 is 0 Å². The van der Waals surface area contributed by atoms with Crippen molar-refractivity contribution in [3.8, 4) is 5.75 Å². The van der Waals surface area contributed by atoms with Gasteiger partial charge in [-0.15, -0.1) is 0 Å². The zero-order valence-electron chi connectivity index (χ0n) is 17.7. The Morgan fingerprint density at radius 3 is 2.72 bits per heavy atom. The molecule has 0 bridgehead atoms. The summed E-state index contributed by atoms with van der Waals surface area (Å²) >= 11 is 0. The molecule has 2 atom stereocenters. The van der Waals surface area contributed by atoms with E-state index in [1.165, 1.54) is 25.3 Å². The highest BCUT2D eigenvalue weighted by Gasteiger charge is 2.30. The Hall–Kier alpha value is -2.57. The molecule has 1 aromatic carbocycles. The van der Waals surface area contributed by atoms with E-state index < -0.39 is 11.9 Å². The zero-order valence-corrected chi connectivity index (χ0v) is 17.7. The van der Waals surface area contributed by atoms with Crippen LogP contribution in [0.4, 0.5) is 0 Å². The summed E-state index contributed by atoms with van der Waals surface area (Å²) in [4.78, 5) is 37.4. The number of ether oxygens (including phenoxy) is 1. The van der Waals surface area contributed by atoms with Crippen molar-refractivity contribution >= 4 is 17.7 Å². The van der Waals surface area contributed by atoms with Crippen molar-refractivity contribution in [3.05, 3.63) is 29.3 Å². The van der Waals surface area contributed by atoms with E-state index in [4.69, 9.17) is 10.5 Å². The first-order valence-electron chi connectivity index (χ1n) is 10.4. The summed E-state index contributed by atoms with van der Waals surface area (Å²) < 4.78 is 6.10. The minimum atomic E-state index is -0.936. The molecule has 2 rings (SSSR count). The number of unbranched alkanes of at least 4 members (excludes halogenated alkanes) is 1. The van der Waals surface area contributed by atoms with Crippen LogP contribution in [-0.2, 0) is 27.3 Å². The van der Waals surface area contributed by atoms with E-state index in [2.05, 4.69) is 25.2 Å². The smallest absolute Gasteiger partial charge is 0.245 e. The number of rotatable bonds is 10. The highest BCUT2D eigenvalue weighted by molar-refractivity contribution is 5.91. The average molecular weight is 404 g/mol. The molecule has 1 aliphatic rings. The lowest BCUT2D eigenvalue weighted by Gasteiger charge is -2.32. The molecule has 0 spiro atoms. The van der Waals surface area contributed by atoms with Crippen molar-refractivity contribution < 1.29 is 19.1 Å². The molecular weight excluding hydrogens is 370 g/mol. The fourth-order valence-corrected chi connectivity index (χ4v) is 3.61. The highest BCUT2D eigenvalue weighted by Crippen LogP contribution is 2.29. The van der Waals surface area contributed by atoms with Gasteiger partial charge in [-0.25, -0.2) is 0 Å². The summed E-state index contributed by atoms with van der Waals surface area (Å²) in [7, 11) is 0. The van der Waals surface area contributed by atoms with Crippen molar-refractivity contribution in [2.45, 2.75) is 65.5 Å². The molecule has 0 saturated carbocycles. The van der Waals surface area contributed by atoms with Gasteiger partial charge in [0, 0.05) is 25.6 Å². The van der Waals surface area contributed by atoms with Crippen LogP contribution in [0.5, 0.6) is 5.75 Å². The second-order valence-electron chi connectivity index (χ2n) is 7.89. The molecule has 1 unspecified atom stereocenters. The molecule has 0 aliphatic carbocycles. The van der Waals surface area contributed by atoms with Gasteiger partial charge in [-0.2, -0.15) is 0 Å². The van der Waals surface area contributed by atoms with Crippen molar-refractivity contribution in [1.29, 1.82) is 0 Å². The van der Waals surface area contributed by atoms with Crippen molar-refractivity contribution in [1.82, 2.24) is 10.2 Å². The molecule has 7 nitrogen and oxygen atoms in total. The van der Waals surface area contributed by atoms with Crippen LogP contribution in [0.15, 0.2) is 18.2 Å². The van der Waals surface area contributed by atoms with E-state index >= 15 is 0 Å². The van der Waals surface area contributed by atoms with E-state index in [1.54, 1.807) is 4.90 Å². The van der Waals surface area contributed by atoms with Crippen LogP contribution in [0.1, 0.15) is 57.6 Å². The lowest BCUT2D eigenvalue weighted by atomic mass is 9.97.